The topological polar surface area (TPSA) is 63.8 Å². The number of nitrogens with two attached hydrogens (primary N) is 1. The third-order valence-electron chi connectivity index (χ3n) is 3.37. The molecule has 98 valence electrons. The van der Waals surface area contributed by atoms with Gasteiger partial charge in [0.1, 0.15) is 10.7 Å². The average Bonchev–Trinajstić information content (AvgIpc) is 2.27. The van der Waals surface area contributed by atoms with E-state index < -0.39 is 0 Å². The van der Waals surface area contributed by atoms with Crippen LogP contribution in [0.2, 0.25) is 0 Å². The first kappa shape index (κ1) is 13.5. The van der Waals surface area contributed by atoms with Crippen LogP contribution in [-0.4, -0.2) is 32.5 Å². The zero-order valence-electron chi connectivity index (χ0n) is 10.7. The molecule has 1 aromatic rings. The van der Waals surface area contributed by atoms with Crippen LogP contribution in [0.3, 0.4) is 0 Å². The number of anilines is 1. The molecule has 0 aliphatic heterocycles. The van der Waals surface area contributed by atoms with Crippen LogP contribution < -0.4 is 11.1 Å². The Morgan fingerprint density at radius 2 is 2.28 bits per heavy atom. The van der Waals surface area contributed by atoms with Crippen molar-refractivity contribution < 1.29 is 0 Å². The van der Waals surface area contributed by atoms with Crippen molar-refractivity contribution in [3.05, 3.63) is 17.5 Å². The van der Waals surface area contributed by atoms with E-state index in [0.29, 0.717) is 21.4 Å². The summed E-state index contributed by atoms with van der Waals surface area (Å²) < 4.78 is 0.358. The Bertz CT molecular complexity index is 452. The Balaban J connectivity index is 2.07. The first-order valence-electron chi connectivity index (χ1n) is 5.99. The summed E-state index contributed by atoms with van der Waals surface area (Å²) >= 11 is 6.88. The van der Waals surface area contributed by atoms with Gasteiger partial charge in [-0.05, 0) is 32.1 Å². The fraction of sp³-hybridized carbons (Fsp3) is 0.583. The highest BCUT2D eigenvalue weighted by Gasteiger charge is 2.35. The molecule has 0 amide bonds. The van der Waals surface area contributed by atoms with E-state index in [9.17, 15) is 0 Å². The van der Waals surface area contributed by atoms with Crippen molar-refractivity contribution in [2.24, 2.45) is 5.73 Å². The second kappa shape index (κ2) is 5.40. The third kappa shape index (κ3) is 2.92. The van der Waals surface area contributed by atoms with Crippen LogP contribution in [0.25, 0.3) is 0 Å². The quantitative estimate of drug-likeness (QED) is 0.807. The number of nitrogens with one attached hydrogen (secondary N) is 1. The summed E-state index contributed by atoms with van der Waals surface area (Å²) in [5, 5.41) is 3.32. The molecule has 0 bridgehead atoms. The van der Waals surface area contributed by atoms with E-state index >= 15 is 0 Å². The summed E-state index contributed by atoms with van der Waals surface area (Å²) in [6.07, 6.45) is 6.00. The van der Waals surface area contributed by atoms with Crippen molar-refractivity contribution in [1.29, 1.82) is 0 Å². The number of hydrogen-bond donors (Lipinski definition) is 2. The van der Waals surface area contributed by atoms with Gasteiger partial charge < -0.3 is 11.1 Å². The molecule has 18 heavy (non-hydrogen) atoms. The van der Waals surface area contributed by atoms with E-state index in [1.165, 1.54) is 19.3 Å². The standard InChI is InChI=1S/C12H18N4S2/c1-8-6-9(10(13)17)16-11(15-8)14-7-12(18-2)4-3-5-12/h6H,3-5,7H2,1-2H3,(H2,13,17)(H,14,15,16). The van der Waals surface area contributed by atoms with Gasteiger partial charge in [-0.2, -0.15) is 11.8 Å². The Hall–Kier alpha value is -0.880. The summed E-state index contributed by atoms with van der Waals surface area (Å²) in [7, 11) is 0. The maximum Gasteiger partial charge on any atom is 0.223 e. The lowest BCUT2D eigenvalue weighted by molar-refractivity contribution is 0.379. The van der Waals surface area contributed by atoms with Crippen LogP contribution in [-0.2, 0) is 0 Å². The van der Waals surface area contributed by atoms with Crippen LogP contribution >= 0.6 is 24.0 Å². The van der Waals surface area contributed by atoms with Gasteiger partial charge in [-0.1, -0.05) is 18.6 Å². The molecule has 1 heterocycles. The Morgan fingerprint density at radius 1 is 1.56 bits per heavy atom. The number of thiocarbonyl (C=S) groups is 1. The molecule has 0 unspecified atom stereocenters. The molecule has 4 nitrogen and oxygen atoms in total. The minimum absolute atomic E-state index is 0.312. The molecular formula is C12H18N4S2. The Kier molecular flexibility index (Phi) is 4.07. The fourth-order valence-electron chi connectivity index (χ4n) is 2.04. The summed E-state index contributed by atoms with van der Waals surface area (Å²) in [6.45, 7) is 2.82. The minimum Gasteiger partial charge on any atom is -0.388 e. The number of aryl methyl sites for hydroxylation is 1. The van der Waals surface area contributed by atoms with E-state index in [2.05, 4.69) is 21.5 Å². The van der Waals surface area contributed by atoms with E-state index in [0.717, 1.165) is 12.2 Å². The summed E-state index contributed by atoms with van der Waals surface area (Å²) in [5.74, 6) is 0.623. The molecule has 0 radical (unpaired) electrons. The first-order chi connectivity index (χ1) is 8.54. The van der Waals surface area contributed by atoms with Crippen LogP contribution in [0.4, 0.5) is 5.95 Å². The number of aromatic nitrogens is 2. The van der Waals surface area contributed by atoms with E-state index in [4.69, 9.17) is 18.0 Å². The Labute approximate surface area is 117 Å². The van der Waals surface area contributed by atoms with E-state index in [1.54, 1.807) is 6.07 Å². The van der Waals surface area contributed by atoms with Crippen LogP contribution in [0, 0.1) is 6.92 Å². The second-order valence-corrected chi connectivity index (χ2v) is 6.39. The molecule has 6 heteroatoms. The predicted octanol–water partition coefficient (Wildman–Crippen LogP) is 2.12. The summed E-state index contributed by atoms with van der Waals surface area (Å²) in [5.41, 5.74) is 7.11. The zero-order chi connectivity index (χ0) is 13.2. The lowest BCUT2D eigenvalue weighted by Crippen LogP contribution is -2.40. The van der Waals surface area contributed by atoms with Gasteiger partial charge in [0, 0.05) is 17.0 Å². The van der Waals surface area contributed by atoms with Crippen molar-refractivity contribution >= 4 is 34.9 Å². The molecule has 1 fully saturated rings. The van der Waals surface area contributed by atoms with Gasteiger partial charge in [0.25, 0.3) is 0 Å². The lowest BCUT2D eigenvalue weighted by atomic mass is 9.84. The Morgan fingerprint density at radius 3 is 2.78 bits per heavy atom. The average molecular weight is 282 g/mol. The van der Waals surface area contributed by atoms with Gasteiger partial charge in [0.15, 0.2) is 0 Å². The van der Waals surface area contributed by atoms with Crippen LogP contribution in [0.1, 0.15) is 30.7 Å². The highest BCUT2D eigenvalue weighted by molar-refractivity contribution is 8.00. The summed E-state index contributed by atoms with van der Waals surface area (Å²) in [6, 6.07) is 1.81. The van der Waals surface area contributed by atoms with Crippen LogP contribution in [0.15, 0.2) is 6.07 Å². The monoisotopic (exact) mass is 282 g/mol. The number of thioether (sulfide) groups is 1. The van der Waals surface area contributed by atoms with Gasteiger partial charge in [0.05, 0.1) is 0 Å². The zero-order valence-corrected chi connectivity index (χ0v) is 12.3. The van der Waals surface area contributed by atoms with Crippen LogP contribution in [0.5, 0.6) is 0 Å². The van der Waals surface area contributed by atoms with Crippen molar-refractivity contribution in [3.8, 4) is 0 Å². The lowest BCUT2D eigenvalue weighted by Gasteiger charge is -2.40. The van der Waals surface area contributed by atoms with Gasteiger partial charge in [-0.3, -0.25) is 0 Å². The van der Waals surface area contributed by atoms with Gasteiger partial charge in [0.2, 0.25) is 5.95 Å². The fourth-order valence-corrected chi connectivity index (χ4v) is 3.06. The van der Waals surface area contributed by atoms with E-state index in [-0.39, 0.29) is 0 Å². The normalized spacial score (nSPS) is 17.0. The van der Waals surface area contributed by atoms with Crippen molar-refractivity contribution in [3.63, 3.8) is 0 Å². The number of rotatable bonds is 5. The molecule has 2 rings (SSSR count). The maximum absolute atomic E-state index is 5.61. The molecule has 0 spiro atoms. The number of nitrogens with zero attached hydrogens (tertiary/aromatic N) is 2. The van der Waals surface area contributed by atoms with Crippen molar-refractivity contribution in [1.82, 2.24) is 9.97 Å². The van der Waals surface area contributed by atoms with Crippen molar-refractivity contribution in [2.45, 2.75) is 30.9 Å². The molecule has 0 saturated heterocycles. The largest absolute Gasteiger partial charge is 0.388 e. The predicted molar refractivity (Wildman–Crippen MR) is 81.2 cm³/mol. The van der Waals surface area contributed by atoms with Gasteiger partial charge in [-0.15, -0.1) is 0 Å². The molecule has 1 aliphatic rings. The smallest absolute Gasteiger partial charge is 0.223 e. The second-order valence-electron chi connectivity index (χ2n) is 4.68. The molecule has 3 N–H and O–H groups in total. The van der Waals surface area contributed by atoms with Gasteiger partial charge >= 0.3 is 0 Å². The molecule has 0 atom stereocenters. The molecular weight excluding hydrogens is 264 g/mol. The highest BCUT2D eigenvalue weighted by Crippen LogP contribution is 2.42. The minimum atomic E-state index is 0.312. The highest BCUT2D eigenvalue weighted by atomic mass is 32.2. The van der Waals surface area contributed by atoms with Gasteiger partial charge in [-0.25, -0.2) is 9.97 Å². The first-order valence-corrected chi connectivity index (χ1v) is 7.62. The number of hydrogen-bond acceptors (Lipinski definition) is 5. The van der Waals surface area contributed by atoms with E-state index in [1.807, 2.05) is 18.7 Å². The molecule has 1 aliphatic carbocycles. The van der Waals surface area contributed by atoms with Crippen molar-refractivity contribution in [2.75, 3.05) is 18.1 Å². The summed E-state index contributed by atoms with van der Waals surface area (Å²) in [4.78, 5) is 9.01. The third-order valence-corrected chi connectivity index (χ3v) is 5.00. The molecule has 0 aromatic carbocycles. The molecule has 1 aromatic heterocycles. The maximum atomic E-state index is 5.61. The molecule has 1 saturated carbocycles. The SMILES string of the molecule is CSC1(CNc2nc(C)cc(C(N)=S)n2)CCC1.